The summed E-state index contributed by atoms with van der Waals surface area (Å²) >= 11 is 0. The summed E-state index contributed by atoms with van der Waals surface area (Å²) < 4.78 is 5.75. The van der Waals surface area contributed by atoms with E-state index in [4.69, 9.17) is 4.74 Å². The second kappa shape index (κ2) is 7.59. The number of piperidine rings is 1. The van der Waals surface area contributed by atoms with Crippen molar-refractivity contribution in [3.63, 3.8) is 0 Å². The maximum Gasteiger partial charge on any atom is 0.225 e. The molecule has 2 rings (SSSR count). The molecule has 0 aliphatic carbocycles. The number of carbonyl (C=O) groups excluding carboxylic acids is 2. The molecule has 2 fully saturated rings. The van der Waals surface area contributed by atoms with Crippen molar-refractivity contribution in [3.8, 4) is 0 Å². The van der Waals surface area contributed by atoms with Crippen LogP contribution in [0, 0.1) is 0 Å². The molecule has 0 aromatic heterocycles. The van der Waals surface area contributed by atoms with Crippen molar-refractivity contribution in [1.29, 1.82) is 0 Å². The largest absolute Gasteiger partial charge is 0.378 e. The summed E-state index contributed by atoms with van der Waals surface area (Å²) in [4.78, 5) is 26.9. The molecule has 0 atom stereocenters. The fraction of sp³-hybridized carbons (Fsp3) is 0.857. The van der Waals surface area contributed by atoms with Gasteiger partial charge in [-0.2, -0.15) is 0 Å². The Kier molecular flexibility index (Phi) is 5.79. The zero-order chi connectivity index (χ0) is 14.4. The number of hydrogen-bond donors (Lipinski definition) is 1. The maximum atomic E-state index is 12.0. The Morgan fingerprint density at radius 2 is 1.70 bits per heavy atom. The Hall–Kier alpha value is -1.14. The van der Waals surface area contributed by atoms with Crippen LogP contribution in [0.4, 0.5) is 0 Å². The van der Waals surface area contributed by atoms with E-state index in [-0.39, 0.29) is 11.8 Å². The Balaban J connectivity index is 1.61. The molecule has 20 heavy (non-hydrogen) atoms. The number of hydrogen-bond acceptors (Lipinski definition) is 4. The lowest BCUT2D eigenvalue weighted by Crippen LogP contribution is -2.50. The standard InChI is InChI=1S/C14H25N3O3/c1-12(18)16-7-9-17(10-8-16)14(19)4-11-20-13-2-5-15-6-3-13/h13,15H,2-11H2,1H3. The van der Waals surface area contributed by atoms with Crippen molar-refractivity contribution in [3.05, 3.63) is 0 Å². The van der Waals surface area contributed by atoms with Crippen molar-refractivity contribution in [2.45, 2.75) is 32.3 Å². The van der Waals surface area contributed by atoms with Gasteiger partial charge in [0.2, 0.25) is 11.8 Å². The van der Waals surface area contributed by atoms with Crippen LogP contribution in [-0.4, -0.2) is 73.6 Å². The van der Waals surface area contributed by atoms with Gasteiger partial charge in [-0.05, 0) is 25.9 Å². The van der Waals surface area contributed by atoms with Crippen molar-refractivity contribution < 1.29 is 14.3 Å². The summed E-state index contributed by atoms with van der Waals surface area (Å²) in [7, 11) is 0. The highest BCUT2D eigenvalue weighted by atomic mass is 16.5. The normalized spacial score (nSPS) is 21.1. The topological polar surface area (TPSA) is 61.9 Å². The van der Waals surface area contributed by atoms with E-state index in [2.05, 4.69) is 5.32 Å². The highest BCUT2D eigenvalue weighted by Crippen LogP contribution is 2.09. The molecule has 0 aromatic rings. The van der Waals surface area contributed by atoms with Crippen LogP contribution in [0.15, 0.2) is 0 Å². The van der Waals surface area contributed by atoms with E-state index in [1.54, 1.807) is 11.8 Å². The number of rotatable bonds is 4. The van der Waals surface area contributed by atoms with Crippen molar-refractivity contribution in [2.75, 3.05) is 45.9 Å². The maximum absolute atomic E-state index is 12.0. The number of carbonyl (C=O) groups is 2. The number of piperazine rings is 1. The summed E-state index contributed by atoms with van der Waals surface area (Å²) in [6.07, 6.45) is 2.82. The molecule has 0 radical (unpaired) electrons. The number of nitrogens with zero attached hydrogens (tertiary/aromatic N) is 2. The van der Waals surface area contributed by atoms with Gasteiger partial charge in [-0.3, -0.25) is 9.59 Å². The first kappa shape index (κ1) is 15.3. The predicted molar refractivity (Wildman–Crippen MR) is 75.3 cm³/mol. The Bertz CT molecular complexity index is 335. The van der Waals surface area contributed by atoms with E-state index in [1.165, 1.54) is 0 Å². The van der Waals surface area contributed by atoms with Crippen LogP contribution in [0.25, 0.3) is 0 Å². The van der Waals surface area contributed by atoms with Gasteiger partial charge >= 0.3 is 0 Å². The van der Waals surface area contributed by atoms with Crippen LogP contribution in [-0.2, 0) is 14.3 Å². The molecule has 0 bridgehead atoms. The number of nitrogens with one attached hydrogen (secondary N) is 1. The zero-order valence-electron chi connectivity index (χ0n) is 12.3. The Labute approximate surface area is 120 Å². The van der Waals surface area contributed by atoms with Crippen LogP contribution in [0.1, 0.15) is 26.2 Å². The van der Waals surface area contributed by atoms with Gasteiger partial charge in [-0.1, -0.05) is 0 Å². The van der Waals surface area contributed by atoms with Gasteiger partial charge in [0.1, 0.15) is 0 Å². The average molecular weight is 283 g/mol. The van der Waals surface area contributed by atoms with Gasteiger partial charge < -0.3 is 19.9 Å². The summed E-state index contributed by atoms with van der Waals surface area (Å²) in [6.45, 7) is 6.68. The third-order valence-electron chi connectivity index (χ3n) is 4.03. The first-order valence-electron chi connectivity index (χ1n) is 7.52. The monoisotopic (exact) mass is 283 g/mol. The van der Waals surface area contributed by atoms with Gasteiger partial charge in [-0.15, -0.1) is 0 Å². The first-order valence-corrected chi connectivity index (χ1v) is 7.52. The van der Waals surface area contributed by atoms with E-state index in [9.17, 15) is 9.59 Å². The average Bonchev–Trinajstić information content (AvgIpc) is 2.48. The molecule has 6 nitrogen and oxygen atoms in total. The summed E-state index contributed by atoms with van der Waals surface area (Å²) in [6, 6.07) is 0. The minimum Gasteiger partial charge on any atom is -0.378 e. The lowest BCUT2D eigenvalue weighted by molar-refractivity contribution is -0.139. The highest BCUT2D eigenvalue weighted by Gasteiger charge is 2.22. The lowest BCUT2D eigenvalue weighted by atomic mass is 10.1. The van der Waals surface area contributed by atoms with E-state index in [1.807, 2.05) is 4.90 Å². The minimum atomic E-state index is 0.0892. The van der Waals surface area contributed by atoms with E-state index in [0.717, 1.165) is 25.9 Å². The van der Waals surface area contributed by atoms with Crippen molar-refractivity contribution in [2.24, 2.45) is 0 Å². The lowest BCUT2D eigenvalue weighted by Gasteiger charge is -2.34. The molecule has 6 heteroatoms. The van der Waals surface area contributed by atoms with Gasteiger partial charge in [0, 0.05) is 33.1 Å². The summed E-state index contributed by atoms with van der Waals surface area (Å²) in [5, 5.41) is 3.29. The molecule has 0 aromatic carbocycles. The van der Waals surface area contributed by atoms with Crippen LogP contribution < -0.4 is 5.32 Å². The molecule has 0 saturated carbocycles. The molecular weight excluding hydrogens is 258 g/mol. The molecule has 0 spiro atoms. The molecular formula is C14H25N3O3. The minimum absolute atomic E-state index is 0.0892. The van der Waals surface area contributed by atoms with Gasteiger partial charge in [0.05, 0.1) is 19.1 Å². The van der Waals surface area contributed by atoms with Crippen LogP contribution in [0.3, 0.4) is 0 Å². The molecule has 0 unspecified atom stereocenters. The number of ether oxygens (including phenoxy) is 1. The first-order chi connectivity index (χ1) is 9.66. The van der Waals surface area contributed by atoms with E-state index < -0.39 is 0 Å². The molecule has 2 heterocycles. The fourth-order valence-corrected chi connectivity index (χ4v) is 2.70. The molecule has 2 aliphatic rings. The third kappa shape index (κ3) is 4.45. The van der Waals surface area contributed by atoms with Gasteiger partial charge in [0.25, 0.3) is 0 Å². The van der Waals surface area contributed by atoms with Gasteiger partial charge in [0.15, 0.2) is 0 Å². The highest BCUT2D eigenvalue weighted by molar-refractivity contribution is 5.77. The predicted octanol–water partition coefficient (Wildman–Crippen LogP) is -0.164. The fourth-order valence-electron chi connectivity index (χ4n) is 2.70. The number of amides is 2. The van der Waals surface area contributed by atoms with Crippen molar-refractivity contribution in [1.82, 2.24) is 15.1 Å². The second-order valence-corrected chi connectivity index (χ2v) is 5.46. The zero-order valence-corrected chi connectivity index (χ0v) is 12.3. The van der Waals surface area contributed by atoms with Crippen LogP contribution in [0.2, 0.25) is 0 Å². The quantitative estimate of drug-likeness (QED) is 0.778. The summed E-state index contributed by atoms with van der Waals surface area (Å²) in [5.74, 6) is 0.230. The van der Waals surface area contributed by atoms with E-state index >= 15 is 0 Å². The Morgan fingerprint density at radius 3 is 2.30 bits per heavy atom. The molecule has 2 amide bonds. The molecule has 114 valence electrons. The smallest absolute Gasteiger partial charge is 0.225 e. The second-order valence-electron chi connectivity index (χ2n) is 5.46. The summed E-state index contributed by atoms with van der Waals surface area (Å²) in [5.41, 5.74) is 0. The van der Waals surface area contributed by atoms with Crippen LogP contribution in [0.5, 0.6) is 0 Å². The van der Waals surface area contributed by atoms with E-state index in [0.29, 0.717) is 45.3 Å². The van der Waals surface area contributed by atoms with Gasteiger partial charge in [-0.25, -0.2) is 0 Å². The third-order valence-corrected chi connectivity index (χ3v) is 4.03. The van der Waals surface area contributed by atoms with Crippen molar-refractivity contribution >= 4 is 11.8 Å². The van der Waals surface area contributed by atoms with Crippen LogP contribution >= 0.6 is 0 Å². The SMILES string of the molecule is CC(=O)N1CCN(C(=O)CCOC2CCNCC2)CC1. The molecule has 2 aliphatic heterocycles. The molecule has 2 saturated heterocycles. The Morgan fingerprint density at radius 1 is 1.10 bits per heavy atom. The molecule has 1 N–H and O–H groups in total.